The molecule has 4 nitrogen and oxygen atoms in total. The van der Waals surface area contributed by atoms with Crippen molar-refractivity contribution in [3.63, 3.8) is 0 Å². The van der Waals surface area contributed by atoms with Crippen LogP contribution in [0.1, 0.15) is 11.1 Å². The highest BCUT2D eigenvalue weighted by molar-refractivity contribution is 5.91. The third-order valence-corrected chi connectivity index (χ3v) is 3.80. The molecule has 0 bridgehead atoms. The van der Waals surface area contributed by atoms with Crippen LogP contribution in [0.5, 0.6) is 0 Å². The van der Waals surface area contributed by atoms with Crippen molar-refractivity contribution in [2.24, 2.45) is 0 Å². The summed E-state index contributed by atoms with van der Waals surface area (Å²) in [5.41, 5.74) is 9.26. The predicted molar refractivity (Wildman–Crippen MR) is 80.3 cm³/mol. The molecular formula is C16H14N4. The summed E-state index contributed by atoms with van der Waals surface area (Å²) in [6.45, 7) is 1.70. The fraction of sp³-hybridized carbons (Fsp3) is 0.125. The Morgan fingerprint density at radius 1 is 1.00 bits per heavy atom. The molecular weight excluding hydrogens is 248 g/mol. The monoisotopic (exact) mass is 262 g/mol. The van der Waals surface area contributed by atoms with Gasteiger partial charge in [-0.05, 0) is 23.3 Å². The summed E-state index contributed by atoms with van der Waals surface area (Å²) < 4.78 is 0. The van der Waals surface area contributed by atoms with Crippen molar-refractivity contribution < 1.29 is 0 Å². The summed E-state index contributed by atoms with van der Waals surface area (Å²) in [4.78, 5) is 2.25. The third-order valence-electron chi connectivity index (χ3n) is 3.80. The van der Waals surface area contributed by atoms with Crippen LogP contribution in [0.25, 0.3) is 10.8 Å². The van der Waals surface area contributed by atoms with E-state index in [1.165, 1.54) is 11.1 Å². The molecule has 0 atom stereocenters. The second kappa shape index (κ2) is 4.20. The van der Waals surface area contributed by atoms with Gasteiger partial charge in [0.15, 0.2) is 5.82 Å². The number of benzene rings is 2. The Labute approximate surface area is 116 Å². The van der Waals surface area contributed by atoms with Gasteiger partial charge in [0.1, 0.15) is 0 Å². The highest BCUT2D eigenvalue weighted by atomic mass is 15.3. The molecule has 20 heavy (non-hydrogen) atoms. The molecule has 4 heteroatoms. The van der Waals surface area contributed by atoms with Crippen molar-refractivity contribution in [2.45, 2.75) is 13.1 Å². The molecule has 2 N–H and O–H groups in total. The maximum atomic E-state index is 5.86. The van der Waals surface area contributed by atoms with Gasteiger partial charge in [-0.15, -0.1) is 5.10 Å². The Hall–Kier alpha value is -2.62. The smallest absolute Gasteiger partial charge is 0.159 e. The number of rotatable bonds is 1. The number of nitrogens with two attached hydrogens (primary N) is 1. The van der Waals surface area contributed by atoms with Crippen molar-refractivity contribution in [3.8, 4) is 0 Å². The topological polar surface area (TPSA) is 55.0 Å². The van der Waals surface area contributed by atoms with Crippen LogP contribution in [0.2, 0.25) is 0 Å². The Morgan fingerprint density at radius 2 is 1.85 bits per heavy atom. The molecule has 4 rings (SSSR count). The maximum Gasteiger partial charge on any atom is 0.159 e. The number of fused-ring (bicyclic) bond motifs is 2. The van der Waals surface area contributed by atoms with Crippen LogP contribution < -0.4 is 10.6 Å². The minimum absolute atomic E-state index is 0.814. The average Bonchev–Trinajstić information content (AvgIpc) is 2.89. The van der Waals surface area contributed by atoms with Crippen molar-refractivity contribution in [1.29, 1.82) is 0 Å². The molecule has 0 amide bonds. The van der Waals surface area contributed by atoms with Crippen LogP contribution >= 0.6 is 0 Å². The van der Waals surface area contributed by atoms with Gasteiger partial charge >= 0.3 is 0 Å². The Morgan fingerprint density at radius 3 is 2.80 bits per heavy atom. The zero-order chi connectivity index (χ0) is 13.5. The molecule has 1 aromatic heterocycles. The minimum Gasteiger partial charge on any atom is -0.399 e. The van der Waals surface area contributed by atoms with E-state index in [0.717, 1.165) is 35.4 Å². The maximum absolute atomic E-state index is 5.86. The molecule has 98 valence electrons. The van der Waals surface area contributed by atoms with E-state index in [1.54, 1.807) is 6.20 Å². The van der Waals surface area contributed by atoms with E-state index in [2.05, 4.69) is 33.3 Å². The van der Waals surface area contributed by atoms with Crippen LogP contribution in [0.15, 0.2) is 48.7 Å². The molecule has 0 saturated heterocycles. The molecule has 2 heterocycles. The summed E-state index contributed by atoms with van der Waals surface area (Å²) in [6, 6.07) is 14.3. The molecule has 1 aliphatic rings. The minimum atomic E-state index is 0.814. The summed E-state index contributed by atoms with van der Waals surface area (Å²) in [5.74, 6) is 0.942. The van der Waals surface area contributed by atoms with E-state index in [0.29, 0.717) is 0 Å². The van der Waals surface area contributed by atoms with Crippen LogP contribution in [0.3, 0.4) is 0 Å². The van der Waals surface area contributed by atoms with Gasteiger partial charge in [0, 0.05) is 29.5 Å². The number of nitrogen functional groups attached to an aromatic ring is 1. The zero-order valence-corrected chi connectivity index (χ0v) is 11.0. The predicted octanol–water partition coefficient (Wildman–Crippen LogP) is 2.73. The van der Waals surface area contributed by atoms with Crippen LogP contribution in [0.4, 0.5) is 11.5 Å². The molecule has 0 aliphatic carbocycles. The first-order chi connectivity index (χ1) is 9.81. The third kappa shape index (κ3) is 1.69. The number of aromatic nitrogens is 2. The Balaban J connectivity index is 1.79. The van der Waals surface area contributed by atoms with Gasteiger partial charge < -0.3 is 10.6 Å². The average molecular weight is 262 g/mol. The number of hydrogen-bond acceptors (Lipinski definition) is 4. The number of nitrogens with zero attached hydrogens (tertiary/aromatic N) is 3. The summed E-state index contributed by atoms with van der Waals surface area (Å²) >= 11 is 0. The van der Waals surface area contributed by atoms with Crippen molar-refractivity contribution in [1.82, 2.24) is 10.2 Å². The van der Waals surface area contributed by atoms with Gasteiger partial charge in [-0.3, -0.25) is 0 Å². The molecule has 0 fully saturated rings. The van der Waals surface area contributed by atoms with E-state index in [9.17, 15) is 0 Å². The van der Waals surface area contributed by atoms with Gasteiger partial charge in [-0.25, -0.2) is 0 Å². The highest BCUT2D eigenvalue weighted by Crippen LogP contribution is 2.31. The van der Waals surface area contributed by atoms with Crippen molar-refractivity contribution >= 4 is 22.3 Å². The lowest BCUT2D eigenvalue weighted by Gasteiger charge is -2.17. The quantitative estimate of drug-likeness (QED) is 0.685. The second-order valence-corrected chi connectivity index (χ2v) is 5.14. The van der Waals surface area contributed by atoms with Gasteiger partial charge in [-0.1, -0.05) is 30.3 Å². The van der Waals surface area contributed by atoms with E-state index < -0.39 is 0 Å². The fourth-order valence-corrected chi connectivity index (χ4v) is 2.81. The first-order valence-corrected chi connectivity index (χ1v) is 6.64. The van der Waals surface area contributed by atoms with Crippen molar-refractivity contribution in [3.05, 3.63) is 59.8 Å². The molecule has 3 aromatic rings. The first kappa shape index (κ1) is 11.2. The summed E-state index contributed by atoms with van der Waals surface area (Å²) in [5, 5.41) is 10.7. The fourth-order valence-electron chi connectivity index (χ4n) is 2.81. The lowest BCUT2D eigenvalue weighted by atomic mass is 10.1. The second-order valence-electron chi connectivity index (χ2n) is 5.14. The lowest BCUT2D eigenvalue weighted by molar-refractivity contribution is 0.840. The molecule has 0 saturated carbocycles. The molecule has 1 aliphatic heterocycles. The van der Waals surface area contributed by atoms with Gasteiger partial charge in [0.2, 0.25) is 0 Å². The lowest BCUT2D eigenvalue weighted by Crippen LogP contribution is -2.16. The van der Waals surface area contributed by atoms with E-state index in [4.69, 9.17) is 5.73 Å². The van der Waals surface area contributed by atoms with Crippen LogP contribution in [-0.2, 0) is 13.1 Å². The van der Waals surface area contributed by atoms with Gasteiger partial charge in [0.25, 0.3) is 0 Å². The van der Waals surface area contributed by atoms with E-state index in [1.807, 2.05) is 24.3 Å². The summed E-state index contributed by atoms with van der Waals surface area (Å²) in [7, 11) is 0. The number of anilines is 2. The van der Waals surface area contributed by atoms with E-state index >= 15 is 0 Å². The van der Waals surface area contributed by atoms with Gasteiger partial charge in [0.05, 0.1) is 6.20 Å². The largest absolute Gasteiger partial charge is 0.399 e. The normalized spacial score (nSPS) is 13.7. The summed E-state index contributed by atoms with van der Waals surface area (Å²) in [6.07, 6.45) is 1.81. The SMILES string of the molecule is Nc1ccc2c(c1)CN(c1nncc3ccccc13)C2. The Kier molecular flexibility index (Phi) is 2.36. The standard InChI is InChI=1S/C16H14N4/c17-14-6-5-12-9-20(10-13(12)7-14)16-15-4-2-1-3-11(15)8-18-19-16/h1-8H,9-10,17H2. The van der Waals surface area contributed by atoms with Crippen LogP contribution in [-0.4, -0.2) is 10.2 Å². The van der Waals surface area contributed by atoms with Crippen LogP contribution in [0, 0.1) is 0 Å². The Bertz CT molecular complexity index is 792. The first-order valence-electron chi connectivity index (χ1n) is 6.64. The highest BCUT2D eigenvalue weighted by Gasteiger charge is 2.21. The molecule has 2 aromatic carbocycles. The molecule has 0 unspecified atom stereocenters. The molecule has 0 spiro atoms. The zero-order valence-electron chi connectivity index (χ0n) is 11.0. The van der Waals surface area contributed by atoms with Crippen molar-refractivity contribution in [2.75, 3.05) is 10.6 Å². The van der Waals surface area contributed by atoms with E-state index in [-0.39, 0.29) is 0 Å². The molecule has 0 radical (unpaired) electrons. The number of hydrogen-bond donors (Lipinski definition) is 1. The van der Waals surface area contributed by atoms with Gasteiger partial charge in [-0.2, -0.15) is 5.10 Å².